The molecule has 1 fully saturated rings. The molecule has 2 nitrogen and oxygen atoms in total. The fourth-order valence-corrected chi connectivity index (χ4v) is 2.60. The molecule has 2 atom stereocenters. The SMILES string of the molecule is CC(C)(C)c1ccc(C2CNCC2CN)cc1. The number of benzene rings is 1. The fourth-order valence-electron chi connectivity index (χ4n) is 2.60. The summed E-state index contributed by atoms with van der Waals surface area (Å²) in [6.45, 7) is 9.66. The zero-order valence-corrected chi connectivity index (χ0v) is 11.2. The number of hydrogen-bond acceptors (Lipinski definition) is 2. The van der Waals surface area contributed by atoms with Crippen molar-refractivity contribution in [2.24, 2.45) is 11.7 Å². The van der Waals surface area contributed by atoms with E-state index in [1.165, 1.54) is 11.1 Å². The quantitative estimate of drug-likeness (QED) is 0.820. The molecule has 0 aromatic heterocycles. The van der Waals surface area contributed by atoms with E-state index in [9.17, 15) is 0 Å². The molecule has 94 valence electrons. The predicted octanol–water partition coefficient (Wildman–Crippen LogP) is 2.25. The molecule has 0 aliphatic carbocycles. The highest BCUT2D eigenvalue weighted by Gasteiger charge is 2.27. The summed E-state index contributed by atoms with van der Waals surface area (Å²) >= 11 is 0. The van der Waals surface area contributed by atoms with Gasteiger partial charge in [-0.25, -0.2) is 0 Å². The molecule has 0 amide bonds. The lowest BCUT2D eigenvalue weighted by Gasteiger charge is -2.21. The Labute approximate surface area is 105 Å². The van der Waals surface area contributed by atoms with Crippen LogP contribution in [0.25, 0.3) is 0 Å². The molecule has 2 heteroatoms. The number of rotatable bonds is 2. The Morgan fingerprint density at radius 3 is 2.35 bits per heavy atom. The van der Waals surface area contributed by atoms with Gasteiger partial charge in [-0.2, -0.15) is 0 Å². The molecule has 1 saturated heterocycles. The molecule has 2 unspecified atom stereocenters. The van der Waals surface area contributed by atoms with Crippen molar-refractivity contribution in [3.05, 3.63) is 35.4 Å². The highest BCUT2D eigenvalue weighted by molar-refractivity contribution is 5.30. The molecular weight excluding hydrogens is 208 g/mol. The van der Waals surface area contributed by atoms with Crippen molar-refractivity contribution in [1.82, 2.24) is 5.32 Å². The smallest absolute Gasteiger partial charge is 0.00239 e. The first-order valence-electron chi connectivity index (χ1n) is 6.53. The summed E-state index contributed by atoms with van der Waals surface area (Å²) in [5, 5.41) is 3.44. The summed E-state index contributed by atoms with van der Waals surface area (Å²) in [6, 6.07) is 9.09. The summed E-state index contributed by atoms with van der Waals surface area (Å²) in [4.78, 5) is 0. The first-order valence-corrected chi connectivity index (χ1v) is 6.53. The molecule has 1 aromatic rings. The normalized spacial score (nSPS) is 25.2. The minimum Gasteiger partial charge on any atom is -0.330 e. The van der Waals surface area contributed by atoms with Crippen LogP contribution in [0, 0.1) is 5.92 Å². The zero-order valence-electron chi connectivity index (χ0n) is 11.2. The second-order valence-corrected chi connectivity index (χ2v) is 6.13. The molecule has 0 bridgehead atoms. The summed E-state index contributed by atoms with van der Waals surface area (Å²) in [6.07, 6.45) is 0. The van der Waals surface area contributed by atoms with Crippen LogP contribution in [0.1, 0.15) is 37.8 Å². The molecule has 1 heterocycles. The van der Waals surface area contributed by atoms with Gasteiger partial charge in [-0.15, -0.1) is 0 Å². The van der Waals surface area contributed by atoms with Gasteiger partial charge in [0, 0.05) is 12.5 Å². The van der Waals surface area contributed by atoms with Gasteiger partial charge < -0.3 is 11.1 Å². The molecule has 17 heavy (non-hydrogen) atoms. The highest BCUT2D eigenvalue weighted by Crippen LogP contribution is 2.29. The Kier molecular flexibility index (Phi) is 3.55. The molecule has 2 rings (SSSR count). The Hall–Kier alpha value is -0.860. The minimum atomic E-state index is 0.236. The van der Waals surface area contributed by atoms with Gasteiger partial charge in [-0.3, -0.25) is 0 Å². The van der Waals surface area contributed by atoms with Gasteiger partial charge in [-0.1, -0.05) is 45.0 Å². The van der Waals surface area contributed by atoms with Crippen LogP contribution in [0.5, 0.6) is 0 Å². The van der Waals surface area contributed by atoms with Crippen molar-refractivity contribution in [3.8, 4) is 0 Å². The summed E-state index contributed by atoms with van der Waals surface area (Å²) in [7, 11) is 0. The topological polar surface area (TPSA) is 38.0 Å². The maximum Gasteiger partial charge on any atom is 0.00239 e. The van der Waals surface area contributed by atoms with E-state index in [4.69, 9.17) is 5.73 Å². The average Bonchev–Trinajstić information content (AvgIpc) is 2.76. The van der Waals surface area contributed by atoms with Crippen molar-refractivity contribution in [1.29, 1.82) is 0 Å². The van der Waals surface area contributed by atoms with Gasteiger partial charge in [0.1, 0.15) is 0 Å². The molecule has 3 N–H and O–H groups in total. The Balaban J connectivity index is 2.18. The van der Waals surface area contributed by atoms with Crippen LogP contribution in [0.15, 0.2) is 24.3 Å². The summed E-state index contributed by atoms with van der Waals surface area (Å²) in [5.74, 6) is 1.18. The fraction of sp³-hybridized carbons (Fsp3) is 0.600. The Morgan fingerprint density at radius 2 is 1.82 bits per heavy atom. The maximum absolute atomic E-state index is 5.82. The number of nitrogens with one attached hydrogen (secondary N) is 1. The summed E-state index contributed by atoms with van der Waals surface area (Å²) in [5.41, 5.74) is 8.89. The maximum atomic E-state index is 5.82. The third-order valence-corrected chi connectivity index (χ3v) is 3.85. The van der Waals surface area contributed by atoms with Crippen LogP contribution in [0.2, 0.25) is 0 Å². The van der Waals surface area contributed by atoms with Crippen molar-refractivity contribution in [2.45, 2.75) is 32.1 Å². The van der Waals surface area contributed by atoms with E-state index in [2.05, 4.69) is 50.4 Å². The molecule has 0 radical (unpaired) electrons. The Morgan fingerprint density at radius 1 is 1.18 bits per heavy atom. The molecule has 1 aliphatic heterocycles. The molecule has 1 aromatic carbocycles. The average molecular weight is 232 g/mol. The monoisotopic (exact) mass is 232 g/mol. The van der Waals surface area contributed by atoms with Gasteiger partial charge in [0.05, 0.1) is 0 Å². The lowest BCUT2D eigenvalue weighted by Crippen LogP contribution is -2.21. The lowest BCUT2D eigenvalue weighted by atomic mass is 9.84. The molecule has 0 spiro atoms. The Bertz CT molecular complexity index is 362. The highest BCUT2D eigenvalue weighted by atomic mass is 14.9. The van der Waals surface area contributed by atoms with E-state index in [0.717, 1.165) is 19.6 Å². The van der Waals surface area contributed by atoms with Crippen LogP contribution in [-0.4, -0.2) is 19.6 Å². The van der Waals surface area contributed by atoms with Crippen LogP contribution in [0.4, 0.5) is 0 Å². The van der Waals surface area contributed by atoms with E-state index < -0.39 is 0 Å². The third kappa shape index (κ3) is 2.70. The van der Waals surface area contributed by atoms with E-state index in [1.54, 1.807) is 0 Å². The first-order chi connectivity index (χ1) is 8.02. The largest absolute Gasteiger partial charge is 0.330 e. The lowest BCUT2D eigenvalue weighted by molar-refractivity contribution is 0.530. The van der Waals surface area contributed by atoms with E-state index >= 15 is 0 Å². The predicted molar refractivity (Wildman–Crippen MR) is 73.3 cm³/mol. The third-order valence-electron chi connectivity index (χ3n) is 3.85. The second-order valence-electron chi connectivity index (χ2n) is 6.13. The zero-order chi connectivity index (χ0) is 12.5. The molecular formula is C15H24N2. The standard InChI is InChI=1S/C15H24N2/c1-15(2,3)13-6-4-11(5-7-13)14-10-17-9-12(14)8-16/h4-7,12,14,17H,8-10,16H2,1-3H3. The van der Waals surface area contributed by atoms with Gasteiger partial charge in [-0.05, 0) is 35.5 Å². The van der Waals surface area contributed by atoms with Crippen LogP contribution >= 0.6 is 0 Å². The first kappa shape index (κ1) is 12.6. The number of nitrogens with two attached hydrogens (primary N) is 1. The summed E-state index contributed by atoms with van der Waals surface area (Å²) < 4.78 is 0. The van der Waals surface area contributed by atoms with Crippen molar-refractivity contribution >= 4 is 0 Å². The van der Waals surface area contributed by atoms with Gasteiger partial charge in [0.15, 0.2) is 0 Å². The molecule has 0 saturated carbocycles. The van der Waals surface area contributed by atoms with E-state index in [1.807, 2.05) is 0 Å². The second kappa shape index (κ2) is 4.79. The van der Waals surface area contributed by atoms with Crippen LogP contribution < -0.4 is 11.1 Å². The van der Waals surface area contributed by atoms with Crippen LogP contribution in [0.3, 0.4) is 0 Å². The van der Waals surface area contributed by atoms with Gasteiger partial charge >= 0.3 is 0 Å². The van der Waals surface area contributed by atoms with E-state index in [0.29, 0.717) is 11.8 Å². The van der Waals surface area contributed by atoms with Crippen molar-refractivity contribution in [2.75, 3.05) is 19.6 Å². The van der Waals surface area contributed by atoms with Gasteiger partial charge in [0.2, 0.25) is 0 Å². The molecule has 1 aliphatic rings. The van der Waals surface area contributed by atoms with E-state index in [-0.39, 0.29) is 5.41 Å². The van der Waals surface area contributed by atoms with Gasteiger partial charge in [0.25, 0.3) is 0 Å². The number of hydrogen-bond donors (Lipinski definition) is 2. The van der Waals surface area contributed by atoms with Crippen molar-refractivity contribution < 1.29 is 0 Å². The van der Waals surface area contributed by atoms with Crippen LogP contribution in [-0.2, 0) is 5.41 Å². The van der Waals surface area contributed by atoms with Crippen molar-refractivity contribution in [3.63, 3.8) is 0 Å². The minimum absolute atomic E-state index is 0.236.